The standard InChI is InChI=1S/C20H30N4O6S/c1-20(2,11-30-31(3,27)28)15(21)8-16(25)24-18(26)14-9-22-17(13-6-7-13)19(23-14)29-10-12-4-5-12/h8-9,12-13,17,19H,4-7,10-11,21H2,1-3H3,(H,24,25,26). The summed E-state index contributed by atoms with van der Waals surface area (Å²) >= 11 is 0. The Labute approximate surface area is 182 Å². The molecule has 0 radical (unpaired) electrons. The Kier molecular flexibility index (Phi) is 6.97. The zero-order chi connectivity index (χ0) is 22.8. The van der Waals surface area contributed by atoms with Crippen LogP contribution in [0.5, 0.6) is 0 Å². The molecule has 0 spiro atoms. The van der Waals surface area contributed by atoms with Crippen LogP contribution in [0, 0.1) is 17.3 Å². The number of nitrogens with one attached hydrogen (secondary N) is 1. The summed E-state index contributed by atoms with van der Waals surface area (Å²) in [5.41, 5.74) is 5.08. The number of ether oxygens (including phenoxy) is 1. The highest BCUT2D eigenvalue weighted by molar-refractivity contribution is 7.85. The lowest BCUT2D eigenvalue weighted by Crippen LogP contribution is -2.41. The van der Waals surface area contributed by atoms with Crippen LogP contribution in [0.1, 0.15) is 39.5 Å². The highest BCUT2D eigenvalue weighted by Crippen LogP contribution is 2.38. The summed E-state index contributed by atoms with van der Waals surface area (Å²) in [6.07, 6.45) is 7.28. The number of amides is 2. The molecule has 3 aliphatic rings. The molecule has 11 heteroatoms. The Morgan fingerprint density at radius 3 is 2.55 bits per heavy atom. The maximum Gasteiger partial charge on any atom is 0.277 e. The van der Waals surface area contributed by atoms with Gasteiger partial charge in [-0.25, -0.2) is 4.99 Å². The van der Waals surface area contributed by atoms with Crippen LogP contribution in [0.2, 0.25) is 0 Å². The van der Waals surface area contributed by atoms with E-state index in [1.165, 1.54) is 6.21 Å². The monoisotopic (exact) mass is 454 g/mol. The van der Waals surface area contributed by atoms with Gasteiger partial charge in [0, 0.05) is 17.2 Å². The minimum atomic E-state index is -3.65. The van der Waals surface area contributed by atoms with Crippen molar-refractivity contribution in [3.8, 4) is 0 Å². The molecule has 0 aromatic rings. The zero-order valence-electron chi connectivity index (χ0n) is 18.0. The zero-order valence-corrected chi connectivity index (χ0v) is 18.9. The Hall–Kier alpha value is -2.11. The van der Waals surface area contributed by atoms with Crippen molar-refractivity contribution in [2.75, 3.05) is 19.5 Å². The molecule has 0 bridgehead atoms. The van der Waals surface area contributed by atoms with Gasteiger partial charge in [-0.05, 0) is 37.5 Å². The van der Waals surface area contributed by atoms with E-state index in [-0.39, 0.29) is 24.1 Å². The number of carbonyl (C=O) groups is 2. The van der Waals surface area contributed by atoms with Crippen molar-refractivity contribution in [1.82, 2.24) is 5.32 Å². The number of aliphatic imine (C=N–C) groups is 2. The second-order valence-corrected chi connectivity index (χ2v) is 10.7. The van der Waals surface area contributed by atoms with Crippen LogP contribution in [-0.2, 0) is 28.6 Å². The third kappa shape index (κ3) is 7.22. The summed E-state index contributed by atoms with van der Waals surface area (Å²) in [5.74, 6) is -0.458. The summed E-state index contributed by atoms with van der Waals surface area (Å²) in [4.78, 5) is 33.6. The number of hydrogen-bond donors (Lipinski definition) is 2. The molecular formula is C20H30N4O6S. The number of carbonyl (C=O) groups excluding carboxylic acids is 2. The van der Waals surface area contributed by atoms with Crippen LogP contribution in [0.3, 0.4) is 0 Å². The predicted molar refractivity (Wildman–Crippen MR) is 115 cm³/mol. The molecule has 172 valence electrons. The number of hydrogen-bond acceptors (Lipinski definition) is 9. The lowest BCUT2D eigenvalue weighted by Gasteiger charge is -2.25. The predicted octanol–water partition coefficient (Wildman–Crippen LogP) is 0.531. The molecule has 3 N–H and O–H groups in total. The quantitative estimate of drug-likeness (QED) is 0.361. The van der Waals surface area contributed by atoms with Gasteiger partial charge in [-0.3, -0.25) is 24.1 Å². The third-order valence-electron chi connectivity index (χ3n) is 5.40. The third-order valence-corrected chi connectivity index (χ3v) is 5.95. The molecule has 0 aromatic heterocycles. The van der Waals surface area contributed by atoms with Crippen LogP contribution in [0.25, 0.3) is 0 Å². The van der Waals surface area contributed by atoms with Gasteiger partial charge >= 0.3 is 0 Å². The van der Waals surface area contributed by atoms with Crippen molar-refractivity contribution in [3.05, 3.63) is 11.8 Å². The highest BCUT2D eigenvalue weighted by Gasteiger charge is 2.40. The molecule has 0 aromatic carbocycles. The minimum absolute atomic E-state index is 0.0256. The smallest absolute Gasteiger partial charge is 0.277 e. The van der Waals surface area contributed by atoms with E-state index in [4.69, 9.17) is 14.7 Å². The first-order chi connectivity index (χ1) is 14.4. The Morgan fingerprint density at radius 1 is 1.29 bits per heavy atom. The number of nitrogens with two attached hydrogens (primary N) is 1. The molecule has 2 amide bonds. The molecule has 3 rings (SSSR count). The summed E-state index contributed by atoms with van der Waals surface area (Å²) in [5, 5.41) is 2.21. The number of imide groups is 1. The van der Waals surface area contributed by atoms with Gasteiger partial charge in [-0.15, -0.1) is 0 Å². The number of rotatable bonds is 10. The molecule has 1 aliphatic heterocycles. The van der Waals surface area contributed by atoms with Crippen molar-refractivity contribution in [2.45, 2.75) is 51.8 Å². The summed E-state index contributed by atoms with van der Waals surface area (Å²) in [6, 6.07) is -0.0859. The van der Waals surface area contributed by atoms with E-state index in [1.807, 2.05) is 0 Å². The van der Waals surface area contributed by atoms with E-state index in [1.54, 1.807) is 13.8 Å². The van der Waals surface area contributed by atoms with E-state index in [0.717, 1.165) is 38.0 Å². The highest BCUT2D eigenvalue weighted by atomic mass is 32.2. The fraction of sp³-hybridized carbons (Fsp3) is 0.700. The van der Waals surface area contributed by atoms with Gasteiger partial charge in [0.1, 0.15) is 5.71 Å². The van der Waals surface area contributed by atoms with Crippen molar-refractivity contribution >= 4 is 33.9 Å². The fourth-order valence-electron chi connectivity index (χ4n) is 2.93. The second kappa shape index (κ2) is 9.17. The topological polar surface area (TPSA) is 150 Å². The molecular weight excluding hydrogens is 424 g/mol. The van der Waals surface area contributed by atoms with Gasteiger partial charge in [-0.1, -0.05) is 13.8 Å². The Balaban J connectivity index is 1.59. The van der Waals surface area contributed by atoms with Crippen LogP contribution >= 0.6 is 0 Å². The minimum Gasteiger partial charge on any atom is -0.401 e. The van der Waals surface area contributed by atoms with Gasteiger partial charge in [0.25, 0.3) is 21.9 Å². The fourth-order valence-corrected chi connectivity index (χ4v) is 3.44. The van der Waals surface area contributed by atoms with Crippen LogP contribution in [0.15, 0.2) is 21.8 Å². The molecule has 2 atom stereocenters. The van der Waals surface area contributed by atoms with Gasteiger partial charge in [-0.2, -0.15) is 8.42 Å². The van der Waals surface area contributed by atoms with Gasteiger partial charge < -0.3 is 10.5 Å². The summed E-state index contributed by atoms with van der Waals surface area (Å²) in [7, 11) is -3.65. The molecule has 0 saturated heterocycles. The van der Waals surface area contributed by atoms with Crippen molar-refractivity contribution in [3.63, 3.8) is 0 Å². The van der Waals surface area contributed by atoms with E-state index in [0.29, 0.717) is 18.4 Å². The van der Waals surface area contributed by atoms with Crippen molar-refractivity contribution in [1.29, 1.82) is 0 Å². The molecule has 10 nitrogen and oxygen atoms in total. The van der Waals surface area contributed by atoms with Gasteiger partial charge in [0.2, 0.25) is 0 Å². The lowest BCUT2D eigenvalue weighted by molar-refractivity contribution is -0.124. The van der Waals surface area contributed by atoms with Crippen molar-refractivity contribution in [2.24, 2.45) is 33.0 Å². The SMILES string of the molecule is CC(C)(COS(C)(=O)=O)C(N)=CC(=O)NC(=O)C1=NC(OCC2CC2)C(C2CC2)N=C1. The molecule has 31 heavy (non-hydrogen) atoms. The molecule has 1 heterocycles. The molecule has 2 aliphatic carbocycles. The normalized spacial score (nSPS) is 24.6. The lowest BCUT2D eigenvalue weighted by atomic mass is 9.90. The van der Waals surface area contributed by atoms with E-state index >= 15 is 0 Å². The summed E-state index contributed by atoms with van der Waals surface area (Å²) in [6.45, 7) is 3.61. The first kappa shape index (κ1) is 23.6. The first-order valence-corrected chi connectivity index (χ1v) is 12.2. The average Bonchev–Trinajstić information content (AvgIpc) is 3.58. The Bertz CT molecular complexity index is 916. The first-order valence-electron chi connectivity index (χ1n) is 10.3. The molecule has 2 unspecified atom stereocenters. The Morgan fingerprint density at radius 2 is 1.97 bits per heavy atom. The van der Waals surface area contributed by atoms with E-state index < -0.39 is 33.6 Å². The average molecular weight is 455 g/mol. The van der Waals surface area contributed by atoms with Crippen LogP contribution < -0.4 is 11.1 Å². The second-order valence-electron chi connectivity index (χ2n) is 9.06. The van der Waals surface area contributed by atoms with Crippen LogP contribution in [-0.4, -0.2) is 63.9 Å². The maximum absolute atomic E-state index is 12.5. The summed E-state index contributed by atoms with van der Waals surface area (Å²) < 4.78 is 33.0. The van der Waals surface area contributed by atoms with Crippen LogP contribution in [0.4, 0.5) is 0 Å². The van der Waals surface area contributed by atoms with Gasteiger partial charge in [0.05, 0.1) is 31.7 Å². The largest absolute Gasteiger partial charge is 0.401 e. The number of nitrogens with zero attached hydrogens (tertiary/aromatic N) is 2. The van der Waals surface area contributed by atoms with E-state index in [9.17, 15) is 18.0 Å². The molecule has 2 fully saturated rings. The maximum atomic E-state index is 12.5. The van der Waals surface area contributed by atoms with Gasteiger partial charge in [0.15, 0.2) is 6.23 Å². The molecule has 2 saturated carbocycles. The van der Waals surface area contributed by atoms with Crippen molar-refractivity contribution < 1.29 is 26.9 Å². The van der Waals surface area contributed by atoms with E-state index in [2.05, 4.69) is 15.3 Å².